The minimum Gasteiger partial charge on any atom is -0.342 e. The van der Waals surface area contributed by atoms with Crippen LogP contribution in [0.15, 0.2) is 24.3 Å². The Hall–Kier alpha value is -2.12. The molecule has 0 unspecified atom stereocenters. The first-order valence-corrected chi connectivity index (χ1v) is 9.74. The predicted molar refractivity (Wildman–Crippen MR) is 103 cm³/mol. The highest BCUT2D eigenvalue weighted by atomic mass is 35.5. The molecule has 1 aromatic rings. The van der Waals surface area contributed by atoms with Gasteiger partial charge in [0.05, 0.1) is 17.3 Å². The van der Waals surface area contributed by atoms with Crippen molar-refractivity contribution in [1.29, 1.82) is 0 Å². The molecule has 8 heteroatoms. The Labute approximate surface area is 163 Å². The third kappa shape index (κ3) is 5.43. The minimum absolute atomic E-state index is 0.0227. The number of hydrogen-bond acceptors (Lipinski definition) is 4. The van der Waals surface area contributed by atoms with Gasteiger partial charge in [-0.3, -0.25) is 14.4 Å². The molecular weight excluding hydrogens is 368 g/mol. The average Bonchev–Trinajstić information content (AvgIpc) is 2.68. The molecule has 2 aliphatic rings. The number of para-hydroxylation sites is 1. The number of halogens is 1. The van der Waals surface area contributed by atoms with Crippen molar-refractivity contribution in [2.45, 2.75) is 31.7 Å². The Morgan fingerprint density at radius 1 is 1.22 bits per heavy atom. The summed E-state index contributed by atoms with van der Waals surface area (Å²) in [5.74, 6) is 0.215. The number of nitrogens with one attached hydrogen (secondary N) is 3. The second-order valence-electron chi connectivity index (χ2n) is 7.09. The van der Waals surface area contributed by atoms with Gasteiger partial charge in [0.1, 0.15) is 6.04 Å². The molecule has 0 aromatic heterocycles. The van der Waals surface area contributed by atoms with Crippen LogP contribution in [0, 0.1) is 5.92 Å². The number of piperazine rings is 1. The molecule has 2 heterocycles. The Balaban J connectivity index is 1.39. The normalized spacial score (nSPS) is 20.9. The maximum absolute atomic E-state index is 12.5. The molecule has 3 rings (SSSR count). The van der Waals surface area contributed by atoms with Crippen molar-refractivity contribution >= 4 is 35.0 Å². The van der Waals surface area contributed by atoms with Crippen LogP contribution in [-0.4, -0.2) is 54.8 Å². The van der Waals surface area contributed by atoms with Crippen LogP contribution in [0.25, 0.3) is 0 Å². The number of anilines is 1. The first-order chi connectivity index (χ1) is 13.0. The van der Waals surface area contributed by atoms with Crippen molar-refractivity contribution in [2.75, 3.05) is 31.5 Å². The van der Waals surface area contributed by atoms with Crippen molar-refractivity contribution < 1.29 is 14.4 Å². The van der Waals surface area contributed by atoms with E-state index in [-0.39, 0.29) is 24.3 Å². The summed E-state index contributed by atoms with van der Waals surface area (Å²) in [5, 5.41) is 9.06. The van der Waals surface area contributed by atoms with Crippen LogP contribution in [0.3, 0.4) is 0 Å². The van der Waals surface area contributed by atoms with Crippen molar-refractivity contribution in [1.82, 2.24) is 15.5 Å². The Kier molecular flexibility index (Phi) is 6.68. The van der Waals surface area contributed by atoms with Gasteiger partial charge in [-0.25, -0.2) is 0 Å². The molecule has 0 bridgehead atoms. The molecule has 2 aliphatic heterocycles. The lowest BCUT2D eigenvalue weighted by Gasteiger charge is -2.35. The third-order valence-corrected chi connectivity index (χ3v) is 5.45. The zero-order chi connectivity index (χ0) is 19.2. The van der Waals surface area contributed by atoms with E-state index in [1.165, 1.54) is 0 Å². The van der Waals surface area contributed by atoms with Crippen molar-refractivity contribution in [3.8, 4) is 0 Å². The molecule has 0 spiro atoms. The predicted octanol–water partition coefficient (Wildman–Crippen LogP) is 1.39. The standard InChI is InChI=1S/C19H25ClN4O3/c20-14-3-1-2-4-15(14)22-17(25)6-5-13-7-9-24(10-8-13)19(27)16-11-21-12-18(26)23-16/h1-4,13,16,21H,5-12H2,(H,22,25)(H,23,26)/t16-/m0/s1. The van der Waals surface area contributed by atoms with Gasteiger partial charge in [-0.1, -0.05) is 23.7 Å². The zero-order valence-corrected chi connectivity index (χ0v) is 15.9. The molecule has 0 radical (unpaired) electrons. The highest BCUT2D eigenvalue weighted by molar-refractivity contribution is 6.33. The summed E-state index contributed by atoms with van der Waals surface area (Å²) in [6.07, 6.45) is 2.98. The van der Waals surface area contributed by atoms with Gasteiger partial charge in [-0.2, -0.15) is 0 Å². The summed E-state index contributed by atoms with van der Waals surface area (Å²) in [7, 11) is 0. The van der Waals surface area contributed by atoms with Gasteiger partial charge in [0.25, 0.3) is 0 Å². The maximum Gasteiger partial charge on any atom is 0.246 e. The van der Waals surface area contributed by atoms with Gasteiger partial charge in [0.15, 0.2) is 0 Å². The molecule has 3 amide bonds. The van der Waals surface area contributed by atoms with E-state index in [1.807, 2.05) is 17.0 Å². The Morgan fingerprint density at radius 3 is 2.67 bits per heavy atom. The van der Waals surface area contributed by atoms with E-state index in [9.17, 15) is 14.4 Å². The molecule has 146 valence electrons. The lowest BCUT2D eigenvalue weighted by atomic mass is 9.91. The molecule has 1 atom stereocenters. The molecule has 0 saturated carbocycles. The number of hydrogen-bond donors (Lipinski definition) is 3. The fourth-order valence-corrected chi connectivity index (χ4v) is 3.73. The van der Waals surface area contributed by atoms with Crippen LogP contribution in [0.1, 0.15) is 25.7 Å². The zero-order valence-electron chi connectivity index (χ0n) is 15.2. The van der Waals surface area contributed by atoms with Crippen LogP contribution in [0.4, 0.5) is 5.69 Å². The fraction of sp³-hybridized carbons (Fsp3) is 0.526. The quantitative estimate of drug-likeness (QED) is 0.706. The first kappa shape index (κ1) is 19.6. The lowest BCUT2D eigenvalue weighted by molar-refractivity contribution is -0.138. The number of rotatable bonds is 5. The van der Waals surface area contributed by atoms with Crippen molar-refractivity contribution in [3.05, 3.63) is 29.3 Å². The number of piperidine rings is 1. The summed E-state index contributed by atoms with van der Waals surface area (Å²) in [5.41, 5.74) is 0.632. The van der Waals surface area contributed by atoms with Crippen LogP contribution in [0.2, 0.25) is 5.02 Å². The van der Waals surface area contributed by atoms with E-state index in [0.717, 1.165) is 19.3 Å². The van der Waals surface area contributed by atoms with Crippen LogP contribution in [0.5, 0.6) is 0 Å². The molecule has 3 N–H and O–H groups in total. The van der Waals surface area contributed by atoms with E-state index in [4.69, 9.17) is 11.6 Å². The second-order valence-corrected chi connectivity index (χ2v) is 7.49. The van der Waals surface area contributed by atoms with Crippen LogP contribution < -0.4 is 16.0 Å². The summed E-state index contributed by atoms with van der Waals surface area (Å²) >= 11 is 6.05. The summed E-state index contributed by atoms with van der Waals surface area (Å²) in [4.78, 5) is 37.9. The van der Waals surface area contributed by atoms with Gasteiger partial charge in [-0.05, 0) is 37.3 Å². The fourth-order valence-electron chi connectivity index (χ4n) is 3.55. The molecule has 7 nitrogen and oxygen atoms in total. The van der Waals surface area contributed by atoms with E-state index < -0.39 is 6.04 Å². The maximum atomic E-state index is 12.5. The van der Waals surface area contributed by atoms with Crippen LogP contribution in [-0.2, 0) is 14.4 Å². The summed E-state index contributed by atoms with van der Waals surface area (Å²) in [6.45, 7) is 2.08. The lowest BCUT2D eigenvalue weighted by Crippen LogP contribution is -2.59. The highest BCUT2D eigenvalue weighted by Gasteiger charge is 2.31. The van der Waals surface area contributed by atoms with Gasteiger partial charge < -0.3 is 20.9 Å². The molecule has 1 aromatic carbocycles. The number of carbonyl (C=O) groups excluding carboxylic acids is 3. The third-order valence-electron chi connectivity index (χ3n) is 5.12. The van der Waals surface area contributed by atoms with Gasteiger partial charge >= 0.3 is 0 Å². The molecule has 27 heavy (non-hydrogen) atoms. The summed E-state index contributed by atoms with van der Waals surface area (Å²) in [6, 6.07) is 6.71. The van der Waals surface area contributed by atoms with Crippen molar-refractivity contribution in [2.24, 2.45) is 5.92 Å². The Morgan fingerprint density at radius 2 is 1.96 bits per heavy atom. The van der Waals surface area contributed by atoms with Crippen LogP contribution >= 0.6 is 11.6 Å². The topological polar surface area (TPSA) is 90.5 Å². The Bertz CT molecular complexity index is 704. The van der Waals surface area contributed by atoms with E-state index >= 15 is 0 Å². The number of carbonyl (C=O) groups is 3. The average molecular weight is 393 g/mol. The van der Waals surface area contributed by atoms with E-state index in [1.54, 1.807) is 12.1 Å². The number of benzene rings is 1. The molecule has 0 aliphatic carbocycles. The first-order valence-electron chi connectivity index (χ1n) is 9.36. The number of nitrogens with zero attached hydrogens (tertiary/aromatic N) is 1. The van der Waals surface area contributed by atoms with E-state index in [2.05, 4.69) is 16.0 Å². The summed E-state index contributed by atoms with van der Waals surface area (Å²) < 4.78 is 0. The molecular formula is C19H25ClN4O3. The SMILES string of the molecule is O=C(CCC1CCN(C(=O)[C@@H]2CNCC(=O)N2)CC1)Nc1ccccc1Cl. The smallest absolute Gasteiger partial charge is 0.246 e. The second kappa shape index (κ2) is 9.19. The number of likely N-dealkylation sites (tertiary alicyclic amines) is 1. The van der Waals surface area contributed by atoms with Gasteiger partial charge in [0, 0.05) is 26.1 Å². The van der Waals surface area contributed by atoms with E-state index in [0.29, 0.717) is 42.7 Å². The highest BCUT2D eigenvalue weighted by Crippen LogP contribution is 2.24. The number of amides is 3. The minimum atomic E-state index is -0.468. The monoisotopic (exact) mass is 392 g/mol. The van der Waals surface area contributed by atoms with Gasteiger partial charge in [0.2, 0.25) is 17.7 Å². The largest absolute Gasteiger partial charge is 0.342 e. The molecule has 2 fully saturated rings. The molecule has 2 saturated heterocycles. The van der Waals surface area contributed by atoms with Gasteiger partial charge in [-0.15, -0.1) is 0 Å². The van der Waals surface area contributed by atoms with Crippen molar-refractivity contribution in [3.63, 3.8) is 0 Å².